The van der Waals surface area contributed by atoms with Gasteiger partial charge >= 0.3 is 0 Å². The summed E-state index contributed by atoms with van der Waals surface area (Å²) in [5, 5.41) is 7.50. The van der Waals surface area contributed by atoms with E-state index in [0.29, 0.717) is 0 Å². The molecule has 0 amide bonds. The topological polar surface area (TPSA) is 25.8 Å². The van der Waals surface area contributed by atoms with Gasteiger partial charge in [-0.15, -0.1) is 71.3 Å². The van der Waals surface area contributed by atoms with E-state index < -0.39 is 0 Å². The molecule has 0 atom stereocenters. The van der Waals surface area contributed by atoms with Gasteiger partial charge in [-0.3, -0.25) is 0 Å². The van der Waals surface area contributed by atoms with Crippen LogP contribution >= 0.6 is 0 Å². The Labute approximate surface area is 537 Å². The summed E-state index contributed by atoms with van der Waals surface area (Å²) in [5.41, 5.74) is 22.3. The minimum absolute atomic E-state index is 0. The van der Waals surface area contributed by atoms with Crippen LogP contribution in [0, 0.1) is 19.1 Å². The number of rotatable bonds is 9. The Morgan fingerprint density at radius 2 is 0.563 bits per heavy atom. The fourth-order valence-electron chi connectivity index (χ4n) is 11.5. The van der Waals surface area contributed by atoms with E-state index in [4.69, 9.17) is 0 Å². The molecule has 0 N–H and O–H groups in total. The molecule has 2 heterocycles. The second-order valence-electron chi connectivity index (χ2n) is 21.0. The van der Waals surface area contributed by atoms with Crippen molar-refractivity contribution in [2.24, 2.45) is 0 Å². The Kier molecular flexibility index (Phi) is 19.0. The summed E-state index contributed by atoms with van der Waals surface area (Å²) in [4.78, 5) is 8.67. The second-order valence-corrected chi connectivity index (χ2v) is 21.0. The van der Waals surface area contributed by atoms with E-state index in [1.165, 1.54) is 116 Å². The molecule has 0 aliphatic heterocycles. The predicted molar refractivity (Wildman–Crippen MR) is 359 cm³/mol. The molecule has 420 valence electrons. The maximum absolute atomic E-state index is 4.35. The molecule has 0 unspecified atom stereocenters. The van der Waals surface area contributed by atoms with Crippen LogP contribution in [0.2, 0.25) is 0 Å². The molecular formula is C83H58Ir2N2-2. The molecule has 2 aromatic heterocycles. The standard InChI is InChI=1S/C54H36.C17H12N.C12H10N.2Ir/c1-7-19-37(20-8-1)43-31-49-50(32-44(43)38-21-9-2-10-22-38)52-34-46(40-25-13-4-14-26-40)48(42-29-17-6-18-30-42)36-54(52)53-35-47(41-27-15-5-16-28-41)45(33-51(49)53)39-23-11-3-12-24-39;1-2-7-14(8-3-1)15-9-6-10-16(13-15)17-11-4-5-12-18-17;1-10-6-5-9-13-12(10)11-7-3-2-4-8-11;;/h1-36H;1-9,11-13H;2-7,9H,1H3;;/q;2*-1;;. The van der Waals surface area contributed by atoms with Crippen LogP contribution < -0.4 is 0 Å². The number of aromatic nitrogens is 2. The Bertz CT molecular complexity index is 4090. The zero-order valence-electron chi connectivity index (χ0n) is 47.8. The van der Waals surface area contributed by atoms with Crippen molar-refractivity contribution in [2.45, 2.75) is 6.92 Å². The van der Waals surface area contributed by atoms with E-state index >= 15 is 0 Å². The fraction of sp³-hybridized carbons (Fsp3) is 0.0120. The van der Waals surface area contributed by atoms with Gasteiger partial charge in [0.25, 0.3) is 0 Å². The van der Waals surface area contributed by atoms with Gasteiger partial charge in [-0.1, -0.05) is 236 Å². The van der Waals surface area contributed by atoms with Gasteiger partial charge in [-0.05, 0) is 171 Å². The molecule has 0 bridgehead atoms. The number of aryl methyl sites for hydroxylation is 1. The third kappa shape index (κ3) is 13.1. The van der Waals surface area contributed by atoms with Crippen molar-refractivity contribution < 1.29 is 40.2 Å². The normalized spacial score (nSPS) is 10.6. The molecule has 0 aliphatic rings. The van der Waals surface area contributed by atoms with Gasteiger partial charge in [0.05, 0.1) is 0 Å². The number of hydrogen-bond donors (Lipinski definition) is 0. The first-order valence-corrected chi connectivity index (χ1v) is 28.9. The summed E-state index contributed by atoms with van der Waals surface area (Å²) in [7, 11) is 0. The third-order valence-electron chi connectivity index (χ3n) is 15.7. The van der Waals surface area contributed by atoms with Crippen molar-refractivity contribution in [2.75, 3.05) is 0 Å². The number of hydrogen-bond acceptors (Lipinski definition) is 2. The van der Waals surface area contributed by atoms with Crippen molar-refractivity contribution in [3.63, 3.8) is 0 Å². The first-order valence-electron chi connectivity index (χ1n) is 28.9. The van der Waals surface area contributed by atoms with Crippen LogP contribution in [-0.4, -0.2) is 9.97 Å². The molecule has 0 saturated carbocycles. The van der Waals surface area contributed by atoms with Crippen molar-refractivity contribution in [1.82, 2.24) is 9.97 Å². The van der Waals surface area contributed by atoms with E-state index in [9.17, 15) is 0 Å². The van der Waals surface area contributed by atoms with Crippen LogP contribution in [0.5, 0.6) is 0 Å². The summed E-state index contributed by atoms with van der Waals surface area (Å²) < 4.78 is 0. The Hall–Kier alpha value is -9.76. The average Bonchev–Trinajstić information content (AvgIpc) is 0.999. The molecule has 0 spiro atoms. The molecular weight excluding hydrogens is 1410 g/mol. The van der Waals surface area contributed by atoms with Gasteiger partial charge in [0, 0.05) is 52.6 Å². The molecule has 4 heteroatoms. The maximum atomic E-state index is 4.35. The van der Waals surface area contributed by atoms with Crippen molar-refractivity contribution in [3.8, 4) is 100 Å². The SMILES string of the molecule is Cc1cccnc1-c1[c-]cccc1.[Ir].[Ir].[c-]1ccc(-c2ccccc2)cc1-c1ccccn1.c1ccc(-c2cc3c4cc(-c5ccccc5)c(-c5ccccc5)cc4c4cc(-c5ccccc5)c(-c5ccccc5)cc4c3cc2-c2ccccc2)cc1. The van der Waals surface area contributed by atoms with Gasteiger partial charge < -0.3 is 9.97 Å². The van der Waals surface area contributed by atoms with Gasteiger partial charge in [-0.25, -0.2) is 0 Å². The first kappa shape index (κ1) is 59.0. The van der Waals surface area contributed by atoms with Crippen LogP contribution in [0.15, 0.2) is 334 Å². The quantitative estimate of drug-likeness (QED) is 0.106. The Morgan fingerprint density at radius 1 is 0.241 bits per heavy atom. The summed E-state index contributed by atoms with van der Waals surface area (Å²) in [6.07, 6.45) is 3.61. The van der Waals surface area contributed by atoms with Crippen molar-refractivity contribution in [3.05, 3.63) is 352 Å². The minimum atomic E-state index is 0. The first-order chi connectivity index (χ1) is 42.1. The van der Waals surface area contributed by atoms with E-state index in [0.717, 1.165) is 22.5 Å². The zero-order valence-corrected chi connectivity index (χ0v) is 52.6. The second kappa shape index (κ2) is 28.0. The van der Waals surface area contributed by atoms with E-state index in [1.54, 1.807) is 6.20 Å². The van der Waals surface area contributed by atoms with Crippen LogP contribution in [0.25, 0.3) is 133 Å². The van der Waals surface area contributed by atoms with Gasteiger partial charge in [0.2, 0.25) is 0 Å². The maximum Gasteiger partial charge on any atom is 0.0160 e. The smallest absolute Gasteiger partial charge is 0.0160 e. The van der Waals surface area contributed by atoms with Crippen molar-refractivity contribution in [1.29, 1.82) is 0 Å². The Balaban J connectivity index is 0.000000193. The van der Waals surface area contributed by atoms with Crippen LogP contribution in [0.4, 0.5) is 0 Å². The van der Waals surface area contributed by atoms with E-state index in [1.807, 2.05) is 79.0 Å². The van der Waals surface area contributed by atoms with E-state index in [-0.39, 0.29) is 40.2 Å². The molecule has 87 heavy (non-hydrogen) atoms. The third-order valence-corrected chi connectivity index (χ3v) is 15.7. The summed E-state index contributed by atoms with van der Waals surface area (Å²) in [5.74, 6) is 0. The molecule has 2 nitrogen and oxygen atoms in total. The summed E-state index contributed by atoms with van der Waals surface area (Å²) >= 11 is 0. The van der Waals surface area contributed by atoms with Crippen LogP contribution in [0.1, 0.15) is 5.56 Å². The number of nitrogens with zero attached hydrogens (tertiary/aromatic N) is 2. The Morgan fingerprint density at radius 3 is 0.885 bits per heavy atom. The largest absolute Gasteiger partial charge is 0.305 e. The number of benzene rings is 13. The van der Waals surface area contributed by atoms with E-state index in [2.05, 4.69) is 278 Å². The fourth-order valence-corrected chi connectivity index (χ4v) is 11.5. The van der Waals surface area contributed by atoms with Crippen molar-refractivity contribution >= 4 is 32.3 Å². The predicted octanol–water partition coefficient (Wildman–Crippen LogP) is 22.2. The molecule has 0 fully saturated rings. The monoisotopic (exact) mass is 1470 g/mol. The zero-order chi connectivity index (χ0) is 57.2. The van der Waals surface area contributed by atoms with Gasteiger partial charge in [-0.2, -0.15) is 0 Å². The average molecular weight is 1470 g/mol. The van der Waals surface area contributed by atoms with Crippen LogP contribution in [0.3, 0.4) is 0 Å². The molecule has 0 aliphatic carbocycles. The minimum Gasteiger partial charge on any atom is -0.305 e. The summed E-state index contributed by atoms with van der Waals surface area (Å²) in [6, 6.07) is 121. The van der Waals surface area contributed by atoms with Gasteiger partial charge in [0.15, 0.2) is 0 Å². The molecule has 0 saturated heterocycles. The van der Waals surface area contributed by atoms with Crippen LogP contribution in [-0.2, 0) is 40.2 Å². The molecule has 13 aromatic carbocycles. The molecule has 15 aromatic rings. The number of fused-ring (bicyclic) bond motifs is 6. The molecule has 2 radical (unpaired) electrons. The van der Waals surface area contributed by atoms with Gasteiger partial charge in [0.1, 0.15) is 0 Å². The summed E-state index contributed by atoms with van der Waals surface area (Å²) in [6.45, 7) is 2.06. The molecule has 15 rings (SSSR count). The number of pyridine rings is 2.